The standard InChI is InChI=1S/C18H15ClFN3O2/c1-25-17-6-5-13(20)8-14(17)15-9-16(23-22-15)18(24)21-10-11-3-2-4-12(19)7-11/h2-9H,10H2,1H3,(H,21,24)(H,22,23). The van der Waals surface area contributed by atoms with Gasteiger partial charge in [0.2, 0.25) is 0 Å². The van der Waals surface area contributed by atoms with Gasteiger partial charge in [0.25, 0.3) is 5.91 Å². The number of hydrogen-bond donors (Lipinski definition) is 2. The lowest BCUT2D eigenvalue weighted by molar-refractivity contribution is 0.0946. The molecule has 1 heterocycles. The molecular weight excluding hydrogens is 345 g/mol. The summed E-state index contributed by atoms with van der Waals surface area (Å²) in [5.41, 5.74) is 2.03. The molecule has 0 atom stereocenters. The number of rotatable bonds is 5. The Kier molecular flexibility index (Phi) is 5.00. The van der Waals surface area contributed by atoms with Gasteiger partial charge in [-0.3, -0.25) is 9.89 Å². The first kappa shape index (κ1) is 17.0. The summed E-state index contributed by atoms with van der Waals surface area (Å²) in [6.45, 7) is 0.330. The molecule has 3 rings (SSSR count). The first-order valence-electron chi connectivity index (χ1n) is 7.49. The number of halogens is 2. The zero-order valence-electron chi connectivity index (χ0n) is 13.3. The Hall–Kier alpha value is -2.86. The molecule has 0 saturated carbocycles. The second kappa shape index (κ2) is 7.36. The van der Waals surface area contributed by atoms with Crippen LogP contribution >= 0.6 is 11.6 Å². The molecule has 3 aromatic rings. The molecule has 128 valence electrons. The number of amides is 1. The Labute approximate surface area is 148 Å². The maximum Gasteiger partial charge on any atom is 0.269 e. The van der Waals surface area contributed by atoms with E-state index in [1.807, 2.05) is 12.1 Å². The minimum absolute atomic E-state index is 0.267. The Morgan fingerprint density at radius 1 is 1.28 bits per heavy atom. The molecule has 1 aromatic heterocycles. The fraction of sp³-hybridized carbons (Fsp3) is 0.111. The van der Waals surface area contributed by atoms with E-state index in [-0.39, 0.29) is 11.6 Å². The van der Waals surface area contributed by atoms with Gasteiger partial charge in [-0.15, -0.1) is 0 Å². The topological polar surface area (TPSA) is 67.0 Å². The number of nitrogens with one attached hydrogen (secondary N) is 2. The van der Waals surface area contributed by atoms with Crippen molar-refractivity contribution in [3.05, 3.63) is 70.6 Å². The van der Waals surface area contributed by atoms with E-state index in [0.717, 1.165) is 5.56 Å². The van der Waals surface area contributed by atoms with E-state index in [1.54, 1.807) is 18.2 Å². The van der Waals surface area contributed by atoms with Crippen LogP contribution in [0.5, 0.6) is 5.75 Å². The van der Waals surface area contributed by atoms with Crippen LogP contribution in [0.4, 0.5) is 4.39 Å². The fourth-order valence-electron chi connectivity index (χ4n) is 2.38. The maximum atomic E-state index is 13.5. The summed E-state index contributed by atoms with van der Waals surface area (Å²) in [6.07, 6.45) is 0. The van der Waals surface area contributed by atoms with E-state index in [9.17, 15) is 9.18 Å². The summed E-state index contributed by atoms with van der Waals surface area (Å²) in [5, 5.41) is 10.1. The number of hydrogen-bond acceptors (Lipinski definition) is 3. The predicted molar refractivity (Wildman–Crippen MR) is 93.2 cm³/mol. The number of H-pyrrole nitrogens is 1. The molecule has 0 bridgehead atoms. The van der Waals surface area contributed by atoms with Gasteiger partial charge >= 0.3 is 0 Å². The van der Waals surface area contributed by atoms with Crippen LogP contribution < -0.4 is 10.1 Å². The lowest BCUT2D eigenvalue weighted by Crippen LogP contribution is -2.23. The largest absolute Gasteiger partial charge is 0.496 e. The van der Waals surface area contributed by atoms with Gasteiger partial charge in [0.1, 0.15) is 17.3 Å². The van der Waals surface area contributed by atoms with Crippen LogP contribution in [0.15, 0.2) is 48.5 Å². The van der Waals surface area contributed by atoms with Crippen molar-refractivity contribution < 1.29 is 13.9 Å². The third-order valence-electron chi connectivity index (χ3n) is 3.60. The summed E-state index contributed by atoms with van der Waals surface area (Å²) >= 11 is 5.92. The van der Waals surface area contributed by atoms with Gasteiger partial charge in [-0.1, -0.05) is 23.7 Å². The lowest BCUT2D eigenvalue weighted by atomic mass is 10.1. The third-order valence-corrected chi connectivity index (χ3v) is 3.84. The Balaban J connectivity index is 1.75. The number of carbonyl (C=O) groups excluding carboxylic acids is 1. The molecule has 5 nitrogen and oxygen atoms in total. The molecule has 1 amide bonds. The molecule has 25 heavy (non-hydrogen) atoms. The van der Waals surface area contributed by atoms with Crippen LogP contribution in [-0.4, -0.2) is 23.2 Å². The van der Waals surface area contributed by atoms with Crippen LogP contribution in [0, 0.1) is 5.82 Å². The second-order valence-electron chi connectivity index (χ2n) is 5.32. The van der Waals surface area contributed by atoms with E-state index in [4.69, 9.17) is 16.3 Å². The molecule has 7 heteroatoms. The molecule has 0 fully saturated rings. The molecule has 0 aliphatic rings. The normalized spacial score (nSPS) is 10.5. The van der Waals surface area contributed by atoms with E-state index in [0.29, 0.717) is 28.6 Å². The van der Waals surface area contributed by atoms with Crippen LogP contribution in [0.25, 0.3) is 11.3 Å². The van der Waals surface area contributed by atoms with Crippen molar-refractivity contribution >= 4 is 17.5 Å². The van der Waals surface area contributed by atoms with E-state index in [1.165, 1.54) is 25.3 Å². The lowest BCUT2D eigenvalue weighted by Gasteiger charge is -2.05. The highest BCUT2D eigenvalue weighted by Gasteiger charge is 2.14. The van der Waals surface area contributed by atoms with Crippen molar-refractivity contribution in [2.75, 3.05) is 7.11 Å². The molecule has 0 saturated heterocycles. The molecule has 0 aliphatic carbocycles. The summed E-state index contributed by atoms with van der Waals surface area (Å²) in [7, 11) is 1.49. The summed E-state index contributed by atoms with van der Waals surface area (Å²) in [5.74, 6) is -0.265. The van der Waals surface area contributed by atoms with Gasteiger partial charge in [0, 0.05) is 17.1 Å². The number of ether oxygens (including phenoxy) is 1. The third kappa shape index (κ3) is 3.97. The molecule has 0 radical (unpaired) electrons. The number of benzene rings is 2. The number of nitrogens with zero attached hydrogens (tertiary/aromatic N) is 1. The van der Waals surface area contributed by atoms with Gasteiger partial charge in [-0.05, 0) is 42.0 Å². The number of carbonyl (C=O) groups is 1. The van der Waals surface area contributed by atoms with Crippen LogP contribution in [0.1, 0.15) is 16.1 Å². The first-order chi connectivity index (χ1) is 12.1. The van der Waals surface area contributed by atoms with Gasteiger partial charge in [-0.2, -0.15) is 5.10 Å². The van der Waals surface area contributed by atoms with Gasteiger partial charge in [-0.25, -0.2) is 4.39 Å². The Morgan fingerprint density at radius 3 is 2.88 bits per heavy atom. The molecule has 2 N–H and O–H groups in total. The van der Waals surface area contributed by atoms with Crippen molar-refractivity contribution in [3.8, 4) is 17.0 Å². The minimum atomic E-state index is -0.411. The van der Waals surface area contributed by atoms with E-state index < -0.39 is 5.82 Å². The van der Waals surface area contributed by atoms with Gasteiger partial charge < -0.3 is 10.1 Å². The highest BCUT2D eigenvalue weighted by Crippen LogP contribution is 2.29. The SMILES string of the molecule is COc1ccc(F)cc1-c1cc(C(=O)NCc2cccc(Cl)c2)[nH]n1. The maximum absolute atomic E-state index is 13.5. The van der Waals surface area contributed by atoms with Crippen molar-refractivity contribution in [1.82, 2.24) is 15.5 Å². The molecule has 0 aliphatic heterocycles. The quantitative estimate of drug-likeness (QED) is 0.728. The predicted octanol–water partition coefficient (Wildman–Crippen LogP) is 3.81. The number of aromatic amines is 1. The van der Waals surface area contributed by atoms with Crippen molar-refractivity contribution in [1.29, 1.82) is 0 Å². The van der Waals surface area contributed by atoms with Crippen LogP contribution in [0.3, 0.4) is 0 Å². The molecule has 2 aromatic carbocycles. The highest BCUT2D eigenvalue weighted by atomic mass is 35.5. The second-order valence-corrected chi connectivity index (χ2v) is 5.76. The van der Waals surface area contributed by atoms with E-state index >= 15 is 0 Å². The zero-order valence-corrected chi connectivity index (χ0v) is 14.1. The van der Waals surface area contributed by atoms with Gasteiger partial charge in [0.05, 0.1) is 12.8 Å². The fourth-order valence-corrected chi connectivity index (χ4v) is 2.59. The molecular formula is C18H15ClFN3O2. The smallest absolute Gasteiger partial charge is 0.269 e. The average molecular weight is 360 g/mol. The average Bonchev–Trinajstić information content (AvgIpc) is 3.10. The molecule has 0 spiro atoms. The zero-order chi connectivity index (χ0) is 17.8. The van der Waals surface area contributed by atoms with Crippen molar-refractivity contribution in [3.63, 3.8) is 0 Å². The molecule has 0 unspecified atom stereocenters. The van der Waals surface area contributed by atoms with Gasteiger partial charge in [0.15, 0.2) is 0 Å². The summed E-state index contributed by atoms with van der Waals surface area (Å²) in [4.78, 5) is 12.2. The highest BCUT2D eigenvalue weighted by molar-refractivity contribution is 6.30. The van der Waals surface area contributed by atoms with Crippen LogP contribution in [0.2, 0.25) is 5.02 Å². The minimum Gasteiger partial charge on any atom is -0.496 e. The Morgan fingerprint density at radius 2 is 2.12 bits per heavy atom. The summed E-state index contributed by atoms with van der Waals surface area (Å²) < 4.78 is 18.7. The first-order valence-corrected chi connectivity index (χ1v) is 7.86. The summed E-state index contributed by atoms with van der Waals surface area (Å²) in [6, 6.07) is 12.9. The number of aromatic nitrogens is 2. The van der Waals surface area contributed by atoms with E-state index in [2.05, 4.69) is 15.5 Å². The Bertz CT molecular complexity index is 911. The monoisotopic (exact) mass is 359 g/mol. The number of methoxy groups -OCH3 is 1. The van der Waals surface area contributed by atoms with Crippen LogP contribution in [-0.2, 0) is 6.54 Å². The van der Waals surface area contributed by atoms with Crippen molar-refractivity contribution in [2.24, 2.45) is 0 Å². The van der Waals surface area contributed by atoms with Crippen molar-refractivity contribution in [2.45, 2.75) is 6.54 Å².